The summed E-state index contributed by atoms with van der Waals surface area (Å²) >= 11 is 11.1. The van der Waals surface area contributed by atoms with Gasteiger partial charge in [-0.3, -0.25) is 10.1 Å². The van der Waals surface area contributed by atoms with Crippen LogP contribution in [0.4, 0.5) is 5.69 Å². The molecular weight excluding hydrogens is 418 g/mol. The molecule has 0 saturated carbocycles. The summed E-state index contributed by atoms with van der Waals surface area (Å²) in [5.41, 5.74) is 1.26. The predicted molar refractivity (Wildman–Crippen MR) is 117 cm³/mol. The Bertz CT molecular complexity index is 988. The summed E-state index contributed by atoms with van der Waals surface area (Å²) in [7, 11) is -3.56. The van der Waals surface area contributed by atoms with E-state index >= 15 is 0 Å². The predicted octanol–water partition coefficient (Wildman–Crippen LogP) is 3.55. The van der Waals surface area contributed by atoms with Crippen molar-refractivity contribution in [3.63, 3.8) is 0 Å². The molecule has 0 heterocycles. The molecule has 2 aromatic carbocycles. The molecule has 1 amide bonds. The van der Waals surface area contributed by atoms with Gasteiger partial charge in [0.05, 0.1) is 4.90 Å². The van der Waals surface area contributed by atoms with Crippen molar-refractivity contribution < 1.29 is 13.2 Å². The number of rotatable bonds is 6. The number of amides is 1. The average Bonchev–Trinajstić information content (AvgIpc) is 2.60. The smallest absolute Gasteiger partial charge is 0.250 e. The van der Waals surface area contributed by atoms with Crippen LogP contribution in [0.1, 0.15) is 19.4 Å². The normalized spacial score (nSPS) is 11.6. The van der Waals surface area contributed by atoms with E-state index in [-0.39, 0.29) is 16.0 Å². The third-order valence-corrected chi connectivity index (χ3v) is 5.59. The minimum absolute atomic E-state index is 0.0877. The first kappa shape index (κ1) is 22.0. The van der Waals surface area contributed by atoms with Gasteiger partial charge in [-0.1, -0.05) is 29.8 Å². The molecule has 2 rings (SSSR count). The number of carbonyl (C=O) groups is 1. The molecule has 0 bridgehead atoms. The fourth-order valence-electron chi connectivity index (χ4n) is 2.19. The van der Waals surface area contributed by atoms with Crippen molar-refractivity contribution >= 4 is 56.6 Å². The molecule has 0 aliphatic heterocycles. The van der Waals surface area contributed by atoms with Crippen LogP contribution in [0, 0.1) is 0 Å². The summed E-state index contributed by atoms with van der Waals surface area (Å²) in [6.45, 7) is 3.49. The monoisotopic (exact) mass is 437 g/mol. The van der Waals surface area contributed by atoms with E-state index in [0.29, 0.717) is 16.3 Å². The van der Waals surface area contributed by atoms with E-state index in [2.05, 4.69) is 15.4 Å². The van der Waals surface area contributed by atoms with Crippen molar-refractivity contribution in [1.29, 1.82) is 0 Å². The second kappa shape index (κ2) is 9.79. The van der Waals surface area contributed by atoms with Crippen LogP contribution in [0.3, 0.4) is 0 Å². The Morgan fingerprint density at radius 1 is 1.11 bits per heavy atom. The van der Waals surface area contributed by atoms with Gasteiger partial charge in [-0.05, 0) is 68.0 Å². The lowest BCUT2D eigenvalue weighted by atomic mass is 10.2. The van der Waals surface area contributed by atoms with Gasteiger partial charge in [0, 0.05) is 22.8 Å². The average molecular weight is 438 g/mol. The zero-order valence-electron chi connectivity index (χ0n) is 15.3. The molecule has 0 spiro atoms. The first-order valence-corrected chi connectivity index (χ1v) is 10.6. The van der Waals surface area contributed by atoms with Crippen LogP contribution < -0.4 is 15.4 Å². The Labute approximate surface area is 175 Å². The summed E-state index contributed by atoms with van der Waals surface area (Å²) in [5.74, 6) is -0.419. The number of sulfonamides is 1. The Morgan fingerprint density at radius 3 is 2.36 bits per heavy atom. The van der Waals surface area contributed by atoms with E-state index in [1.165, 1.54) is 18.2 Å². The highest BCUT2D eigenvalue weighted by Gasteiger charge is 2.15. The van der Waals surface area contributed by atoms with Crippen LogP contribution in [0.2, 0.25) is 5.02 Å². The third kappa shape index (κ3) is 6.72. The zero-order chi connectivity index (χ0) is 20.7. The van der Waals surface area contributed by atoms with Crippen LogP contribution in [0.25, 0.3) is 6.08 Å². The van der Waals surface area contributed by atoms with E-state index < -0.39 is 15.9 Å². The number of carbonyl (C=O) groups excluding carboxylic acids is 1. The lowest BCUT2D eigenvalue weighted by molar-refractivity contribution is -0.115. The maximum Gasteiger partial charge on any atom is 0.250 e. The molecule has 3 N–H and O–H groups in total. The number of halogens is 1. The highest BCUT2D eigenvalue weighted by molar-refractivity contribution is 7.89. The number of anilines is 1. The molecule has 6 nitrogen and oxygen atoms in total. The molecule has 0 aliphatic carbocycles. The maximum absolute atomic E-state index is 12.1. The lowest BCUT2D eigenvalue weighted by Gasteiger charge is -2.11. The lowest BCUT2D eigenvalue weighted by Crippen LogP contribution is -2.33. The van der Waals surface area contributed by atoms with Crippen molar-refractivity contribution in [2.75, 3.05) is 5.32 Å². The molecule has 2 aromatic rings. The van der Waals surface area contributed by atoms with Crippen molar-refractivity contribution in [1.82, 2.24) is 10.0 Å². The van der Waals surface area contributed by atoms with Crippen LogP contribution in [-0.4, -0.2) is 25.5 Å². The van der Waals surface area contributed by atoms with Gasteiger partial charge in [0.1, 0.15) is 0 Å². The number of hydrogen-bond donors (Lipinski definition) is 3. The highest BCUT2D eigenvalue weighted by atomic mass is 35.5. The van der Waals surface area contributed by atoms with Gasteiger partial charge in [-0.25, -0.2) is 13.1 Å². The molecule has 0 unspecified atom stereocenters. The highest BCUT2D eigenvalue weighted by Crippen LogP contribution is 2.16. The summed E-state index contributed by atoms with van der Waals surface area (Å²) in [5, 5.41) is 5.96. The number of thiocarbonyl (C=S) groups is 1. The Kier molecular flexibility index (Phi) is 7.70. The van der Waals surface area contributed by atoms with Crippen molar-refractivity contribution in [3.05, 3.63) is 65.2 Å². The quantitative estimate of drug-likeness (QED) is 0.475. The van der Waals surface area contributed by atoms with E-state index in [9.17, 15) is 13.2 Å². The van der Waals surface area contributed by atoms with Crippen molar-refractivity contribution in [2.24, 2.45) is 0 Å². The fourth-order valence-corrected chi connectivity index (χ4v) is 3.86. The first-order chi connectivity index (χ1) is 13.2. The number of benzene rings is 2. The molecule has 9 heteroatoms. The Hall–Kier alpha value is -2.26. The standard InChI is InChI=1S/C19H20ClN3O3S2/c1-13(2)23-28(25,26)16-10-8-15(9-11-16)21-19(27)22-18(24)12-7-14-5-3-4-6-17(14)20/h3-13,23H,1-2H3,(H2,21,22,24,27). The Morgan fingerprint density at radius 2 is 1.75 bits per heavy atom. The summed E-state index contributed by atoms with van der Waals surface area (Å²) < 4.78 is 26.7. The minimum Gasteiger partial charge on any atom is -0.332 e. The Balaban J connectivity index is 1.94. The van der Waals surface area contributed by atoms with E-state index in [4.69, 9.17) is 23.8 Å². The third-order valence-electron chi connectivity index (χ3n) is 3.37. The van der Waals surface area contributed by atoms with Gasteiger partial charge in [0.2, 0.25) is 15.9 Å². The number of nitrogens with one attached hydrogen (secondary N) is 3. The molecule has 0 aliphatic rings. The molecule has 0 atom stereocenters. The van der Waals surface area contributed by atoms with Crippen LogP contribution >= 0.6 is 23.8 Å². The van der Waals surface area contributed by atoms with Crippen molar-refractivity contribution in [2.45, 2.75) is 24.8 Å². The summed E-state index contributed by atoms with van der Waals surface area (Å²) in [6.07, 6.45) is 2.91. The minimum atomic E-state index is -3.56. The van der Waals surface area contributed by atoms with E-state index in [1.54, 1.807) is 50.3 Å². The van der Waals surface area contributed by atoms with Crippen LogP contribution in [0.5, 0.6) is 0 Å². The molecular formula is C19H20ClN3O3S2. The number of hydrogen-bond acceptors (Lipinski definition) is 4. The zero-order valence-corrected chi connectivity index (χ0v) is 17.7. The maximum atomic E-state index is 12.1. The van der Waals surface area contributed by atoms with E-state index in [0.717, 1.165) is 0 Å². The molecule has 0 radical (unpaired) electrons. The molecule has 148 valence electrons. The van der Waals surface area contributed by atoms with Crippen LogP contribution in [0.15, 0.2) is 59.5 Å². The van der Waals surface area contributed by atoms with Gasteiger partial charge in [-0.15, -0.1) is 0 Å². The van der Waals surface area contributed by atoms with Gasteiger partial charge in [0.15, 0.2) is 5.11 Å². The van der Waals surface area contributed by atoms with Gasteiger partial charge >= 0.3 is 0 Å². The second-order valence-corrected chi connectivity index (χ2v) is 8.63. The topological polar surface area (TPSA) is 87.3 Å². The molecule has 0 aromatic heterocycles. The van der Waals surface area contributed by atoms with Crippen molar-refractivity contribution in [3.8, 4) is 0 Å². The molecule has 28 heavy (non-hydrogen) atoms. The molecule has 0 saturated heterocycles. The molecule has 0 fully saturated rings. The summed E-state index contributed by atoms with van der Waals surface area (Å²) in [6, 6.07) is 13.0. The van der Waals surface area contributed by atoms with Gasteiger partial charge < -0.3 is 5.32 Å². The second-order valence-electron chi connectivity index (χ2n) is 6.10. The SMILES string of the molecule is CC(C)NS(=O)(=O)c1ccc(NC(=S)NC(=O)C=Cc2ccccc2Cl)cc1. The van der Waals surface area contributed by atoms with Gasteiger partial charge in [-0.2, -0.15) is 0 Å². The van der Waals surface area contributed by atoms with Gasteiger partial charge in [0.25, 0.3) is 0 Å². The van der Waals surface area contributed by atoms with Crippen LogP contribution in [-0.2, 0) is 14.8 Å². The van der Waals surface area contributed by atoms with E-state index in [1.807, 2.05) is 6.07 Å². The first-order valence-electron chi connectivity index (χ1n) is 8.34. The summed E-state index contributed by atoms with van der Waals surface area (Å²) in [4.78, 5) is 12.1. The largest absolute Gasteiger partial charge is 0.332 e. The fraction of sp³-hybridized carbons (Fsp3) is 0.158.